The Kier molecular flexibility index (Phi) is 4.34. The molecule has 0 spiro atoms. The fraction of sp³-hybridized carbons (Fsp3) is 0.474. The van der Waals surface area contributed by atoms with Gasteiger partial charge < -0.3 is 9.88 Å². The predicted octanol–water partition coefficient (Wildman–Crippen LogP) is 1.93. The summed E-state index contributed by atoms with van der Waals surface area (Å²) in [7, 11) is 0. The van der Waals surface area contributed by atoms with Gasteiger partial charge in [0.2, 0.25) is 5.91 Å². The molecule has 0 radical (unpaired) electrons. The molecule has 2 aromatic rings. The molecule has 1 amide bonds. The van der Waals surface area contributed by atoms with Crippen LogP contribution in [-0.4, -0.2) is 51.9 Å². The highest BCUT2D eigenvalue weighted by atomic mass is 16.2. The molecule has 2 fully saturated rings. The first-order valence-corrected chi connectivity index (χ1v) is 8.79. The second-order valence-corrected chi connectivity index (χ2v) is 7.07. The molecule has 5 heteroatoms. The molecule has 2 atom stereocenters. The number of hydrogen-bond acceptors (Lipinski definition) is 3. The van der Waals surface area contributed by atoms with E-state index in [9.17, 15) is 4.79 Å². The Balaban J connectivity index is 1.25. The summed E-state index contributed by atoms with van der Waals surface area (Å²) >= 11 is 0. The molecule has 4 rings (SSSR count). The lowest BCUT2D eigenvalue weighted by atomic mass is 10.0. The van der Waals surface area contributed by atoms with Gasteiger partial charge in [-0.05, 0) is 42.0 Å². The highest BCUT2D eigenvalue weighted by molar-refractivity contribution is 5.76. The molecular weight excluding hydrogens is 300 g/mol. The van der Waals surface area contributed by atoms with E-state index in [1.807, 2.05) is 24.5 Å². The molecule has 24 heavy (non-hydrogen) atoms. The summed E-state index contributed by atoms with van der Waals surface area (Å²) in [6.45, 7) is 5.07. The van der Waals surface area contributed by atoms with Gasteiger partial charge in [0, 0.05) is 63.4 Å². The lowest BCUT2D eigenvalue weighted by molar-refractivity contribution is -0.130. The van der Waals surface area contributed by atoms with Crippen LogP contribution in [0.25, 0.3) is 0 Å². The van der Waals surface area contributed by atoms with E-state index >= 15 is 0 Å². The van der Waals surface area contributed by atoms with Crippen molar-refractivity contribution >= 4 is 5.91 Å². The van der Waals surface area contributed by atoms with E-state index < -0.39 is 0 Å². The molecular formula is C19H24N4O. The number of H-pyrrole nitrogens is 1. The van der Waals surface area contributed by atoms with Crippen molar-refractivity contribution in [2.75, 3.05) is 26.2 Å². The van der Waals surface area contributed by atoms with Crippen LogP contribution in [0.15, 0.2) is 42.9 Å². The monoisotopic (exact) mass is 324 g/mol. The lowest BCUT2D eigenvalue weighted by Crippen LogP contribution is -2.33. The van der Waals surface area contributed by atoms with Crippen molar-refractivity contribution in [2.45, 2.75) is 19.4 Å². The van der Waals surface area contributed by atoms with Crippen molar-refractivity contribution in [2.24, 2.45) is 11.8 Å². The third-order valence-corrected chi connectivity index (χ3v) is 5.32. The van der Waals surface area contributed by atoms with Crippen LogP contribution < -0.4 is 0 Å². The molecule has 0 aromatic carbocycles. The van der Waals surface area contributed by atoms with Gasteiger partial charge in [0.05, 0.1) is 0 Å². The first-order chi connectivity index (χ1) is 11.8. The van der Waals surface area contributed by atoms with Crippen LogP contribution in [0.3, 0.4) is 0 Å². The quantitative estimate of drug-likeness (QED) is 0.914. The van der Waals surface area contributed by atoms with Gasteiger partial charge in [-0.15, -0.1) is 0 Å². The van der Waals surface area contributed by atoms with Gasteiger partial charge in [-0.25, -0.2) is 0 Å². The van der Waals surface area contributed by atoms with Gasteiger partial charge in [-0.1, -0.05) is 6.07 Å². The Labute approximate surface area is 142 Å². The van der Waals surface area contributed by atoms with Gasteiger partial charge in [-0.2, -0.15) is 0 Å². The molecule has 0 bridgehead atoms. The number of fused-ring (bicyclic) bond motifs is 1. The number of carbonyl (C=O) groups is 1. The van der Waals surface area contributed by atoms with E-state index in [0.717, 1.165) is 44.7 Å². The number of carbonyl (C=O) groups excluding carboxylic acids is 1. The third kappa shape index (κ3) is 3.36. The number of hydrogen-bond donors (Lipinski definition) is 1. The maximum Gasteiger partial charge on any atom is 0.222 e. The Morgan fingerprint density at radius 3 is 2.67 bits per heavy atom. The zero-order valence-electron chi connectivity index (χ0n) is 13.9. The summed E-state index contributed by atoms with van der Waals surface area (Å²) in [5.41, 5.74) is 2.42. The van der Waals surface area contributed by atoms with Crippen molar-refractivity contribution in [1.82, 2.24) is 19.8 Å². The van der Waals surface area contributed by atoms with Crippen LogP contribution in [0.5, 0.6) is 0 Å². The maximum atomic E-state index is 12.5. The van der Waals surface area contributed by atoms with Crippen LogP contribution in [0, 0.1) is 11.8 Å². The highest BCUT2D eigenvalue weighted by Crippen LogP contribution is 2.32. The van der Waals surface area contributed by atoms with Crippen molar-refractivity contribution < 1.29 is 4.79 Å². The smallest absolute Gasteiger partial charge is 0.222 e. The predicted molar refractivity (Wildman–Crippen MR) is 92.2 cm³/mol. The van der Waals surface area contributed by atoms with E-state index in [1.165, 1.54) is 5.69 Å². The topological polar surface area (TPSA) is 52.2 Å². The fourth-order valence-electron chi connectivity index (χ4n) is 4.09. The standard InChI is InChI=1S/C19H24N4O/c24-19(6-5-15-3-1-7-20-9-15)23-12-16-10-22(11-17(16)13-23)14-18-4-2-8-21-18/h1-4,7-9,16-17,21H,5-6,10-14H2/t16-,17+. The van der Waals surface area contributed by atoms with Gasteiger partial charge in [0.25, 0.3) is 0 Å². The van der Waals surface area contributed by atoms with Crippen molar-refractivity contribution in [1.29, 1.82) is 0 Å². The molecule has 5 nitrogen and oxygen atoms in total. The normalized spacial score (nSPS) is 23.6. The van der Waals surface area contributed by atoms with Gasteiger partial charge >= 0.3 is 0 Å². The number of likely N-dealkylation sites (tertiary alicyclic amines) is 2. The maximum absolute atomic E-state index is 12.5. The molecule has 2 saturated heterocycles. The summed E-state index contributed by atoms with van der Waals surface area (Å²) in [6, 6.07) is 8.16. The number of rotatable bonds is 5. The molecule has 2 aliphatic rings. The van der Waals surface area contributed by atoms with Crippen LogP contribution in [0.1, 0.15) is 17.7 Å². The second-order valence-electron chi connectivity index (χ2n) is 7.07. The SMILES string of the molecule is O=C(CCc1cccnc1)N1C[C@H]2CN(Cc3ccc[nH]3)C[C@H]2C1. The number of aromatic amines is 1. The van der Waals surface area contributed by atoms with Crippen LogP contribution in [0.2, 0.25) is 0 Å². The Hall–Kier alpha value is -2.14. The molecule has 2 aromatic heterocycles. The number of aromatic nitrogens is 2. The fourth-order valence-corrected chi connectivity index (χ4v) is 4.09. The summed E-state index contributed by atoms with van der Waals surface area (Å²) in [6.07, 6.45) is 6.99. The zero-order chi connectivity index (χ0) is 16.4. The highest BCUT2D eigenvalue weighted by Gasteiger charge is 2.41. The van der Waals surface area contributed by atoms with Gasteiger partial charge in [0.15, 0.2) is 0 Å². The number of amides is 1. The molecule has 0 unspecified atom stereocenters. The van der Waals surface area contributed by atoms with Crippen LogP contribution in [-0.2, 0) is 17.8 Å². The summed E-state index contributed by atoms with van der Waals surface area (Å²) in [5, 5.41) is 0. The number of pyridine rings is 1. The van der Waals surface area contributed by atoms with Gasteiger partial charge in [0.1, 0.15) is 0 Å². The molecule has 2 aliphatic heterocycles. The Morgan fingerprint density at radius 1 is 1.17 bits per heavy atom. The number of nitrogens with zero attached hydrogens (tertiary/aromatic N) is 3. The number of aryl methyl sites for hydroxylation is 1. The van der Waals surface area contributed by atoms with Crippen molar-refractivity contribution in [3.8, 4) is 0 Å². The summed E-state index contributed by atoms with van der Waals surface area (Å²) in [4.78, 5) is 24.5. The molecule has 4 heterocycles. The average molecular weight is 324 g/mol. The van der Waals surface area contributed by atoms with E-state index in [0.29, 0.717) is 24.2 Å². The van der Waals surface area contributed by atoms with Crippen LogP contribution in [0.4, 0.5) is 0 Å². The average Bonchev–Trinajstić information content (AvgIpc) is 3.30. The van der Waals surface area contributed by atoms with E-state index in [4.69, 9.17) is 0 Å². The minimum Gasteiger partial charge on any atom is -0.364 e. The lowest BCUT2D eigenvalue weighted by Gasteiger charge is -2.21. The Morgan fingerprint density at radius 2 is 2.00 bits per heavy atom. The van der Waals surface area contributed by atoms with E-state index in [1.54, 1.807) is 6.20 Å². The van der Waals surface area contributed by atoms with Gasteiger partial charge in [-0.3, -0.25) is 14.7 Å². The van der Waals surface area contributed by atoms with E-state index in [2.05, 4.69) is 31.9 Å². The summed E-state index contributed by atoms with van der Waals surface area (Å²) in [5.74, 6) is 1.58. The molecule has 126 valence electrons. The van der Waals surface area contributed by atoms with Crippen molar-refractivity contribution in [3.05, 3.63) is 54.1 Å². The first kappa shape index (κ1) is 15.4. The van der Waals surface area contributed by atoms with Crippen molar-refractivity contribution in [3.63, 3.8) is 0 Å². The zero-order valence-corrected chi connectivity index (χ0v) is 13.9. The number of nitrogens with one attached hydrogen (secondary N) is 1. The minimum absolute atomic E-state index is 0.296. The summed E-state index contributed by atoms with van der Waals surface area (Å²) < 4.78 is 0. The molecule has 1 N–H and O–H groups in total. The van der Waals surface area contributed by atoms with E-state index in [-0.39, 0.29) is 0 Å². The first-order valence-electron chi connectivity index (χ1n) is 8.79. The molecule has 0 aliphatic carbocycles. The second kappa shape index (κ2) is 6.77. The minimum atomic E-state index is 0.296. The Bertz CT molecular complexity index is 656. The third-order valence-electron chi connectivity index (χ3n) is 5.32. The largest absolute Gasteiger partial charge is 0.364 e. The van der Waals surface area contributed by atoms with Crippen LogP contribution >= 0.6 is 0 Å². The molecule has 0 saturated carbocycles.